The third-order valence-electron chi connectivity index (χ3n) is 7.40. The molecule has 3 aliphatic heterocycles. The van der Waals surface area contributed by atoms with Crippen molar-refractivity contribution >= 4 is 68.4 Å². The normalized spacial score (nSPS) is 23.6. The minimum atomic E-state index is -0.892. The fraction of sp³-hybridized carbons (Fsp3) is 0.172. The van der Waals surface area contributed by atoms with Gasteiger partial charge in [0, 0.05) is 26.3 Å². The Balaban J connectivity index is 1.47. The van der Waals surface area contributed by atoms with Crippen LogP contribution in [0.2, 0.25) is 5.02 Å². The lowest BCUT2D eigenvalue weighted by atomic mass is 9.86. The summed E-state index contributed by atoms with van der Waals surface area (Å²) in [5.41, 5.74) is 2.92. The van der Waals surface area contributed by atoms with E-state index in [4.69, 9.17) is 11.6 Å². The monoisotopic (exact) mass is 574 g/mol. The Labute approximate surface area is 226 Å². The van der Waals surface area contributed by atoms with E-state index in [9.17, 15) is 19.2 Å². The highest BCUT2D eigenvalue weighted by Crippen LogP contribution is 2.50. The van der Waals surface area contributed by atoms with Gasteiger partial charge in [0.2, 0.25) is 11.8 Å². The lowest BCUT2D eigenvalue weighted by molar-refractivity contribution is -0.122. The molecule has 3 aromatic carbocycles. The van der Waals surface area contributed by atoms with Crippen LogP contribution in [0.25, 0.3) is 6.08 Å². The Morgan fingerprint density at radius 1 is 0.865 bits per heavy atom. The largest absolute Gasteiger partial charge is 0.352 e. The number of amides is 2. The molecule has 0 saturated carbocycles. The number of Topliss-reactive ketones (excluding diaryl/α,β-unsaturated/α-hetero) is 2. The van der Waals surface area contributed by atoms with Crippen molar-refractivity contribution in [3.63, 3.8) is 0 Å². The van der Waals surface area contributed by atoms with E-state index >= 15 is 0 Å². The highest BCUT2D eigenvalue weighted by Gasteiger charge is 2.64. The number of hydrogen-bond acceptors (Lipinski definition) is 5. The maximum Gasteiger partial charge on any atom is 0.240 e. The zero-order valence-corrected chi connectivity index (χ0v) is 21.9. The summed E-state index contributed by atoms with van der Waals surface area (Å²) < 4.78 is 0.830. The van der Waals surface area contributed by atoms with Gasteiger partial charge in [-0.25, -0.2) is 4.90 Å². The van der Waals surface area contributed by atoms with Crippen molar-refractivity contribution in [3.05, 3.63) is 99.0 Å². The maximum atomic E-state index is 14.0. The van der Waals surface area contributed by atoms with Crippen LogP contribution in [-0.2, 0) is 9.59 Å². The van der Waals surface area contributed by atoms with Crippen molar-refractivity contribution in [1.29, 1.82) is 0 Å². The lowest BCUT2D eigenvalue weighted by Gasteiger charge is -2.36. The number of hydrogen-bond donors (Lipinski definition) is 0. The molecule has 0 radical (unpaired) electrons. The topological polar surface area (TPSA) is 74.8 Å². The summed E-state index contributed by atoms with van der Waals surface area (Å²) in [5.74, 6) is -2.75. The van der Waals surface area contributed by atoms with Crippen LogP contribution in [0.4, 0.5) is 11.4 Å². The molecule has 0 bridgehead atoms. The van der Waals surface area contributed by atoms with Crippen LogP contribution in [0.3, 0.4) is 0 Å². The smallest absolute Gasteiger partial charge is 0.240 e. The summed E-state index contributed by atoms with van der Waals surface area (Å²) in [6.45, 7) is 1.46. The van der Waals surface area contributed by atoms with Gasteiger partial charge in [0.1, 0.15) is 6.04 Å². The molecule has 3 heterocycles. The second-order valence-electron chi connectivity index (χ2n) is 9.44. The summed E-state index contributed by atoms with van der Waals surface area (Å²) in [6.07, 6.45) is 3.81. The molecule has 37 heavy (non-hydrogen) atoms. The van der Waals surface area contributed by atoms with Gasteiger partial charge in [-0.1, -0.05) is 57.9 Å². The van der Waals surface area contributed by atoms with Gasteiger partial charge in [0.15, 0.2) is 11.6 Å². The molecule has 3 aromatic rings. The van der Waals surface area contributed by atoms with E-state index in [1.165, 1.54) is 11.8 Å². The van der Waals surface area contributed by atoms with Crippen LogP contribution in [0.15, 0.2) is 77.3 Å². The van der Waals surface area contributed by atoms with Crippen LogP contribution in [0, 0.1) is 11.8 Å². The summed E-state index contributed by atoms with van der Waals surface area (Å²) in [4.78, 5) is 56.6. The van der Waals surface area contributed by atoms with Crippen molar-refractivity contribution < 1.29 is 19.2 Å². The molecule has 0 aliphatic carbocycles. The molecular formula is C29H20BrClN2O4. The first-order valence-corrected chi connectivity index (χ1v) is 13.0. The van der Waals surface area contributed by atoms with Gasteiger partial charge < -0.3 is 4.90 Å². The van der Waals surface area contributed by atoms with E-state index < -0.39 is 29.8 Å². The van der Waals surface area contributed by atoms with Crippen molar-refractivity contribution in [2.45, 2.75) is 19.0 Å². The van der Waals surface area contributed by atoms with Crippen molar-refractivity contribution in [3.8, 4) is 0 Å². The number of benzene rings is 3. The summed E-state index contributed by atoms with van der Waals surface area (Å²) in [6, 6.07) is 17.4. The maximum absolute atomic E-state index is 14.0. The Bertz CT molecular complexity index is 1520. The molecule has 6 rings (SSSR count). The number of imide groups is 1. The molecule has 4 atom stereocenters. The number of anilines is 2. The zero-order chi connectivity index (χ0) is 26.0. The number of carbonyl (C=O) groups is 4. The second-order valence-corrected chi connectivity index (χ2v) is 10.8. The molecule has 0 spiro atoms. The molecular weight excluding hydrogens is 556 g/mol. The zero-order valence-electron chi connectivity index (χ0n) is 19.6. The standard InChI is InChI=1S/C29H20BrClN2O4/c1-15(34)16-5-11-21(12-6-16)32-28(36)24-22-13-7-17-4-10-20(31)14-23(17)33(22)26(25(24)29(32)37)27(35)18-2-8-19(30)9-3-18/h2-14,22,24-26H,1H3/t22-,24-,25-,26+/m0/s1. The van der Waals surface area contributed by atoms with Crippen molar-refractivity contribution in [2.75, 3.05) is 9.80 Å². The molecule has 2 fully saturated rings. The third kappa shape index (κ3) is 3.68. The van der Waals surface area contributed by atoms with E-state index in [1.54, 1.807) is 60.7 Å². The van der Waals surface area contributed by atoms with Crippen LogP contribution in [-0.4, -0.2) is 35.5 Å². The van der Waals surface area contributed by atoms with Crippen LogP contribution >= 0.6 is 27.5 Å². The first-order chi connectivity index (χ1) is 17.8. The van der Waals surface area contributed by atoms with Crippen LogP contribution in [0.1, 0.15) is 33.2 Å². The molecule has 6 nitrogen and oxygen atoms in total. The van der Waals surface area contributed by atoms with Crippen LogP contribution in [0.5, 0.6) is 0 Å². The average molecular weight is 576 g/mol. The first-order valence-electron chi connectivity index (χ1n) is 11.8. The quantitative estimate of drug-likeness (QED) is 0.300. The van der Waals surface area contributed by atoms with Gasteiger partial charge in [-0.2, -0.15) is 0 Å². The minimum absolute atomic E-state index is 0.108. The molecule has 2 amide bonds. The van der Waals surface area contributed by atoms with Gasteiger partial charge in [-0.15, -0.1) is 0 Å². The van der Waals surface area contributed by atoms with E-state index in [0.717, 1.165) is 15.7 Å². The predicted octanol–water partition coefficient (Wildman–Crippen LogP) is 5.58. The molecule has 184 valence electrons. The number of halogens is 2. The van der Waals surface area contributed by atoms with E-state index in [-0.39, 0.29) is 17.5 Å². The highest BCUT2D eigenvalue weighted by atomic mass is 79.9. The summed E-state index contributed by atoms with van der Waals surface area (Å²) in [5, 5.41) is 0.504. The molecule has 3 aliphatic rings. The molecule has 0 unspecified atom stereocenters. The Morgan fingerprint density at radius 3 is 2.19 bits per heavy atom. The minimum Gasteiger partial charge on any atom is -0.352 e. The Morgan fingerprint density at radius 2 is 1.51 bits per heavy atom. The van der Waals surface area contributed by atoms with Gasteiger partial charge in [0.25, 0.3) is 0 Å². The SMILES string of the molecule is CC(=O)c1ccc(N2C(=O)[C@@H]3[C@H](C2=O)[C@H](C(=O)c2ccc(Br)cc2)N2c4cc(Cl)ccc4C=C[C@@H]32)cc1. The average Bonchev–Trinajstić information content (AvgIpc) is 3.36. The first kappa shape index (κ1) is 23.8. The highest BCUT2D eigenvalue weighted by molar-refractivity contribution is 9.10. The number of rotatable bonds is 4. The molecule has 2 saturated heterocycles. The molecule has 8 heteroatoms. The lowest BCUT2D eigenvalue weighted by Crippen LogP contribution is -2.48. The summed E-state index contributed by atoms with van der Waals surface area (Å²) >= 11 is 9.74. The number of fused-ring (bicyclic) bond motifs is 5. The van der Waals surface area contributed by atoms with Gasteiger partial charge in [-0.3, -0.25) is 19.2 Å². The van der Waals surface area contributed by atoms with E-state index in [2.05, 4.69) is 15.9 Å². The number of ketones is 2. The van der Waals surface area contributed by atoms with Crippen LogP contribution < -0.4 is 9.80 Å². The summed E-state index contributed by atoms with van der Waals surface area (Å²) in [7, 11) is 0. The van der Waals surface area contributed by atoms with E-state index in [0.29, 0.717) is 21.8 Å². The van der Waals surface area contributed by atoms with Gasteiger partial charge in [0.05, 0.1) is 23.6 Å². The van der Waals surface area contributed by atoms with E-state index in [1.807, 2.05) is 23.1 Å². The second kappa shape index (κ2) is 8.78. The van der Waals surface area contributed by atoms with Gasteiger partial charge in [-0.05, 0) is 61.0 Å². The third-order valence-corrected chi connectivity index (χ3v) is 8.16. The fourth-order valence-electron chi connectivity index (χ4n) is 5.72. The van der Waals surface area contributed by atoms with Gasteiger partial charge >= 0.3 is 0 Å². The van der Waals surface area contributed by atoms with Crippen molar-refractivity contribution in [1.82, 2.24) is 0 Å². The Kier molecular flexibility index (Phi) is 5.66. The predicted molar refractivity (Wildman–Crippen MR) is 145 cm³/mol. The number of carbonyl (C=O) groups excluding carboxylic acids is 4. The molecule has 0 N–H and O–H groups in total. The number of nitrogens with zero attached hydrogens (tertiary/aromatic N) is 2. The Hall–Kier alpha value is -3.55. The van der Waals surface area contributed by atoms with Crippen molar-refractivity contribution in [2.24, 2.45) is 11.8 Å². The fourth-order valence-corrected chi connectivity index (χ4v) is 6.15. The molecule has 0 aromatic heterocycles.